The Morgan fingerprint density at radius 1 is 0.582 bits per heavy atom. The van der Waals surface area contributed by atoms with Crippen LogP contribution in [0.2, 0.25) is 0 Å². The molecule has 0 aliphatic carbocycles. The van der Waals surface area contributed by atoms with Gasteiger partial charge in [-0.15, -0.1) is 0 Å². The molecule has 0 aliphatic rings. The molecule has 0 saturated heterocycles. The molecule has 0 N–H and O–H groups in total. The predicted molar refractivity (Wildman–Crippen MR) is 210 cm³/mol. The monoisotopic (exact) mass is 778 g/mol. The minimum atomic E-state index is -4.42. The number of nitrogens with zero attached hydrogens (tertiary/aromatic N) is 2. The Labute approximate surface area is 323 Å². The van der Waals surface area contributed by atoms with Crippen molar-refractivity contribution >= 4 is 26.4 Å². The van der Waals surface area contributed by atoms with E-state index in [1.165, 1.54) is 12.1 Å². The lowest BCUT2D eigenvalue weighted by Crippen LogP contribution is -2.27. The molecule has 55 heavy (non-hydrogen) atoms. The van der Waals surface area contributed by atoms with Gasteiger partial charge in [-0.3, -0.25) is 9.97 Å². The summed E-state index contributed by atoms with van der Waals surface area (Å²) < 4.78 is 59.2. The first-order valence-corrected chi connectivity index (χ1v) is 20.4. The molecule has 0 spiro atoms. The number of hydrogen-bond donors (Lipinski definition) is 0. The number of aromatic nitrogens is 2. The molecule has 2 aromatic heterocycles. The summed E-state index contributed by atoms with van der Waals surface area (Å²) in [6.45, 7) is 7.30. The number of ether oxygens (including phenoxy) is 4. The average Bonchev–Trinajstić information content (AvgIpc) is 3.18. The molecule has 10 nitrogen and oxygen atoms in total. The summed E-state index contributed by atoms with van der Waals surface area (Å²) in [5.74, 6) is 0.825. The van der Waals surface area contributed by atoms with Gasteiger partial charge in [-0.05, 0) is 135 Å². The van der Waals surface area contributed by atoms with Crippen molar-refractivity contribution in [2.24, 2.45) is 0 Å². The summed E-state index contributed by atoms with van der Waals surface area (Å²) in [5, 5.41) is 0. The van der Waals surface area contributed by atoms with Crippen molar-refractivity contribution in [2.45, 2.75) is 66.1 Å². The number of pyridine rings is 2. The maximum absolute atomic E-state index is 14.5. The van der Waals surface area contributed by atoms with E-state index >= 15 is 0 Å². The number of rotatable bonds is 15. The van der Waals surface area contributed by atoms with Crippen LogP contribution in [0.15, 0.2) is 165 Å². The molecule has 6 rings (SSSR count). The summed E-state index contributed by atoms with van der Waals surface area (Å²) in [6, 6.07) is 38.9. The standard InChI is InChI=1S/C43H42N2O8S2/c1-32-17-21-39(22-18-32)55(47,48)53-54(38-23-19-35(20-24-38)51-31-42(46)52-43(2,3)4,40-15-9-13-36(27-40)49-29-33-11-5-7-25-44-33)41-16-10-14-37(28-41)50-30-34-12-6-8-26-45-34/h5-28H,29-31H2,1-4H3. The molecule has 4 aromatic carbocycles. The summed E-state index contributed by atoms with van der Waals surface area (Å²) >= 11 is 0. The van der Waals surface area contributed by atoms with E-state index in [1.54, 1.807) is 106 Å². The van der Waals surface area contributed by atoms with Crippen LogP contribution in [0.1, 0.15) is 37.7 Å². The van der Waals surface area contributed by atoms with Crippen molar-refractivity contribution < 1.29 is 35.8 Å². The zero-order chi connectivity index (χ0) is 38.9. The molecule has 0 radical (unpaired) electrons. The Morgan fingerprint density at radius 2 is 1.11 bits per heavy atom. The van der Waals surface area contributed by atoms with Gasteiger partial charge in [0.25, 0.3) is 0 Å². The van der Waals surface area contributed by atoms with Crippen LogP contribution >= 0.6 is 10.3 Å². The SMILES string of the molecule is Cc1ccc(S(=O)(=O)OS(c2ccc(OCC(=O)OC(C)(C)C)cc2)(c2cccc(OCc3ccccn3)c2)c2cccc(OCc3ccccn3)c2)cc1. The molecular weight excluding hydrogens is 737 g/mol. The van der Waals surface area contributed by atoms with Gasteiger partial charge < -0.3 is 18.9 Å². The molecule has 0 bridgehead atoms. The van der Waals surface area contributed by atoms with E-state index < -0.39 is 32.0 Å². The second kappa shape index (κ2) is 17.2. The van der Waals surface area contributed by atoms with Gasteiger partial charge in [-0.25, -0.2) is 8.42 Å². The van der Waals surface area contributed by atoms with Gasteiger partial charge in [0.1, 0.15) is 36.1 Å². The highest BCUT2D eigenvalue weighted by Gasteiger charge is 2.39. The third-order valence-electron chi connectivity index (χ3n) is 7.93. The molecule has 6 aromatic rings. The van der Waals surface area contributed by atoms with E-state index in [1.807, 2.05) is 55.5 Å². The maximum Gasteiger partial charge on any atom is 0.344 e. The molecule has 0 fully saturated rings. The Bertz CT molecular complexity index is 2210. The van der Waals surface area contributed by atoms with E-state index in [0.29, 0.717) is 31.9 Å². The third kappa shape index (κ3) is 10.3. The highest BCUT2D eigenvalue weighted by Crippen LogP contribution is 2.71. The van der Waals surface area contributed by atoms with Gasteiger partial charge in [-0.2, -0.15) is 8.42 Å². The lowest BCUT2D eigenvalue weighted by atomic mass is 10.2. The number of carbonyl (C=O) groups excluding carboxylic acids is 1. The van der Waals surface area contributed by atoms with E-state index in [-0.39, 0.29) is 24.7 Å². The quantitative estimate of drug-likeness (QED) is 0.0933. The molecule has 12 heteroatoms. The Morgan fingerprint density at radius 3 is 1.60 bits per heavy atom. The zero-order valence-corrected chi connectivity index (χ0v) is 32.6. The van der Waals surface area contributed by atoms with Crippen LogP contribution in [-0.4, -0.2) is 36.6 Å². The van der Waals surface area contributed by atoms with Crippen LogP contribution in [0.25, 0.3) is 0 Å². The largest absolute Gasteiger partial charge is 0.487 e. The normalized spacial score (nSPS) is 12.1. The fourth-order valence-corrected chi connectivity index (χ4v) is 10.7. The molecular formula is C43H42N2O8S2. The summed E-state index contributed by atoms with van der Waals surface area (Å²) in [6.07, 6.45) is 3.38. The van der Waals surface area contributed by atoms with Crippen molar-refractivity contribution in [1.82, 2.24) is 9.97 Å². The van der Waals surface area contributed by atoms with Crippen LogP contribution < -0.4 is 14.2 Å². The number of hydrogen-bond acceptors (Lipinski definition) is 10. The number of esters is 1. The first kappa shape index (κ1) is 39.0. The van der Waals surface area contributed by atoms with Gasteiger partial charge >= 0.3 is 16.1 Å². The van der Waals surface area contributed by atoms with Crippen LogP contribution in [-0.2, 0) is 36.5 Å². The highest BCUT2D eigenvalue weighted by molar-refractivity contribution is 8.33. The third-order valence-corrected chi connectivity index (χ3v) is 13.1. The lowest BCUT2D eigenvalue weighted by molar-refractivity contribution is -0.157. The van der Waals surface area contributed by atoms with Crippen LogP contribution in [0, 0.1) is 6.92 Å². The van der Waals surface area contributed by atoms with E-state index in [9.17, 15) is 13.2 Å². The van der Waals surface area contributed by atoms with E-state index in [4.69, 9.17) is 22.6 Å². The molecule has 0 unspecified atom stereocenters. The van der Waals surface area contributed by atoms with E-state index in [2.05, 4.69) is 9.97 Å². The van der Waals surface area contributed by atoms with Gasteiger partial charge in [0.05, 0.1) is 16.3 Å². The number of aryl methyl sites for hydroxylation is 1. The lowest BCUT2D eigenvalue weighted by Gasteiger charge is -2.39. The van der Waals surface area contributed by atoms with Gasteiger partial charge in [0.2, 0.25) is 0 Å². The Balaban J connectivity index is 1.48. The zero-order valence-electron chi connectivity index (χ0n) is 31.0. The second-order valence-corrected chi connectivity index (χ2v) is 17.9. The number of benzene rings is 4. The predicted octanol–water partition coefficient (Wildman–Crippen LogP) is 9.27. The topological polar surface area (TPSA) is 123 Å². The van der Waals surface area contributed by atoms with Gasteiger partial charge in [-0.1, -0.05) is 42.0 Å². The van der Waals surface area contributed by atoms with Crippen molar-refractivity contribution in [3.63, 3.8) is 0 Å². The summed E-state index contributed by atoms with van der Waals surface area (Å²) in [4.78, 5) is 22.8. The molecule has 0 saturated carbocycles. The highest BCUT2D eigenvalue weighted by atomic mass is 32.3. The van der Waals surface area contributed by atoms with Gasteiger partial charge in [0.15, 0.2) is 6.61 Å². The molecule has 0 atom stereocenters. The van der Waals surface area contributed by atoms with E-state index in [0.717, 1.165) is 17.0 Å². The van der Waals surface area contributed by atoms with Crippen LogP contribution in [0.4, 0.5) is 0 Å². The fraction of sp³-hybridized carbons (Fsp3) is 0.186. The molecule has 0 amide bonds. The minimum absolute atomic E-state index is 0.00241. The average molecular weight is 779 g/mol. The second-order valence-electron chi connectivity index (χ2n) is 13.4. The first-order chi connectivity index (χ1) is 26.4. The van der Waals surface area contributed by atoms with Gasteiger partial charge in [0, 0.05) is 27.1 Å². The summed E-state index contributed by atoms with van der Waals surface area (Å²) in [5.41, 5.74) is 1.68. The minimum Gasteiger partial charge on any atom is -0.487 e. The smallest absolute Gasteiger partial charge is 0.344 e. The van der Waals surface area contributed by atoms with Crippen molar-refractivity contribution in [3.05, 3.63) is 163 Å². The Kier molecular flexibility index (Phi) is 12.2. The van der Waals surface area contributed by atoms with Crippen molar-refractivity contribution in [2.75, 3.05) is 6.61 Å². The van der Waals surface area contributed by atoms with Crippen LogP contribution in [0.3, 0.4) is 0 Å². The fourth-order valence-electron chi connectivity index (χ4n) is 5.41. The van der Waals surface area contributed by atoms with Crippen LogP contribution in [0.5, 0.6) is 17.2 Å². The summed E-state index contributed by atoms with van der Waals surface area (Å²) in [7, 11) is -7.58. The molecule has 284 valence electrons. The Hall–Kier alpha value is -5.69. The molecule has 2 heterocycles. The van der Waals surface area contributed by atoms with Crippen molar-refractivity contribution in [3.8, 4) is 17.2 Å². The molecule has 0 aliphatic heterocycles. The first-order valence-electron chi connectivity index (χ1n) is 17.5. The number of carbonyl (C=O) groups is 1. The maximum atomic E-state index is 14.5. The van der Waals surface area contributed by atoms with Crippen molar-refractivity contribution in [1.29, 1.82) is 0 Å².